The van der Waals surface area contributed by atoms with Crippen molar-refractivity contribution in [3.05, 3.63) is 11.3 Å². The van der Waals surface area contributed by atoms with E-state index in [4.69, 9.17) is 11.7 Å². The zero-order valence-corrected chi connectivity index (χ0v) is 12.4. The van der Waals surface area contributed by atoms with Gasteiger partial charge in [0.15, 0.2) is 0 Å². The Morgan fingerprint density at radius 3 is 1.90 bits per heavy atom. The van der Waals surface area contributed by atoms with Crippen LogP contribution >= 0.6 is 0 Å². The predicted molar refractivity (Wildman–Crippen MR) is 74.4 cm³/mol. The maximum Gasteiger partial charge on any atom is 0.281 e. The summed E-state index contributed by atoms with van der Waals surface area (Å²) in [6, 6.07) is 0. The van der Waals surface area contributed by atoms with Crippen LogP contribution < -0.4 is 22.5 Å². The number of fused-ring (bicyclic) bond motifs is 2. The van der Waals surface area contributed by atoms with E-state index in [1.165, 1.54) is 0 Å². The van der Waals surface area contributed by atoms with E-state index < -0.39 is 11.8 Å². The Morgan fingerprint density at radius 1 is 1.05 bits per heavy atom. The zero-order chi connectivity index (χ0) is 15.3. The molecular weight excluding hydrogens is 258 g/mol. The van der Waals surface area contributed by atoms with Crippen LogP contribution in [0.25, 0.3) is 0 Å². The van der Waals surface area contributed by atoms with Crippen molar-refractivity contribution in [2.45, 2.75) is 51.6 Å². The van der Waals surface area contributed by atoms with E-state index in [1.54, 1.807) is 0 Å². The number of nitrogens with zero attached hydrogens (tertiary/aromatic N) is 1. The van der Waals surface area contributed by atoms with Gasteiger partial charge in [-0.05, 0) is 46.5 Å². The molecule has 20 heavy (non-hydrogen) atoms. The molecule has 2 bridgehead atoms. The molecule has 3 heterocycles. The van der Waals surface area contributed by atoms with Gasteiger partial charge in [0, 0.05) is 11.1 Å². The monoisotopic (exact) mass is 281 g/mol. The van der Waals surface area contributed by atoms with E-state index in [2.05, 4.69) is 38.5 Å². The molecule has 0 aromatic heterocycles. The maximum absolute atomic E-state index is 12.2. The molecule has 0 unspecified atom stereocenters. The van der Waals surface area contributed by atoms with Gasteiger partial charge < -0.3 is 4.90 Å². The molecule has 1 fully saturated rings. The molecule has 0 saturated carbocycles. The van der Waals surface area contributed by atoms with Crippen LogP contribution in [-0.2, 0) is 9.59 Å². The predicted octanol–water partition coefficient (Wildman–Crippen LogP) is -0.497. The van der Waals surface area contributed by atoms with Gasteiger partial charge in [0.1, 0.15) is 5.70 Å². The number of nitrogens with two attached hydrogens (primary N) is 2. The number of hydrogen-bond acceptors (Lipinski definition) is 5. The number of nitrogens with one attached hydrogen (secondary N) is 2. The van der Waals surface area contributed by atoms with Crippen molar-refractivity contribution < 1.29 is 9.59 Å². The maximum atomic E-state index is 12.2. The highest BCUT2D eigenvalue weighted by Gasteiger charge is 2.55. The minimum atomic E-state index is -0.450. The van der Waals surface area contributed by atoms with E-state index in [1.807, 2.05) is 4.90 Å². The molecule has 0 radical (unpaired) electrons. The first-order valence-corrected chi connectivity index (χ1v) is 6.72. The zero-order valence-electron chi connectivity index (χ0n) is 12.4. The topological polar surface area (TPSA) is 113 Å². The molecule has 3 aliphatic heterocycles. The lowest BCUT2D eigenvalue weighted by molar-refractivity contribution is -0.129. The van der Waals surface area contributed by atoms with Gasteiger partial charge >= 0.3 is 0 Å². The van der Waals surface area contributed by atoms with E-state index >= 15 is 0 Å². The minimum Gasteiger partial charge on any atom is -0.356 e. The second-order valence-corrected chi connectivity index (χ2v) is 6.77. The largest absolute Gasteiger partial charge is 0.356 e. The fourth-order valence-corrected chi connectivity index (χ4v) is 4.07. The summed E-state index contributed by atoms with van der Waals surface area (Å²) in [4.78, 5) is 26.3. The first-order valence-electron chi connectivity index (χ1n) is 6.72. The highest BCUT2D eigenvalue weighted by molar-refractivity contribution is 6.05. The minimum absolute atomic E-state index is 0.000787. The Hall–Kier alpha value is -1.60. The lowest BCUT2D eigenvalue weighted by Gasteiger charge is -2.61. The SMILES string of the molecule is CC1(C)CC2CC(C)(C)N1C(C(=O)NN)=C2C(=O)NN. The van der Waals surface area contributed by atoms with Crippen LogP contribution in [0.3, 0.4) is 0 Å². The number of rotatable bonds is 2. The lowest BCUT2D eigenvalue weighted by atomic mass is 9.66. The summed E-state index contributed by atoms with van der Waals surface area (Å²) in [6.45, 7) is 8.29. The molecule has 0 atom stereocenters. The van der Waals surface area contributed by atoms with Crippen molar-refractivity contribution >= 4 is 11.8 Å². The average molecular weight is 281 g/mol. The van der Waals surface area contributed by atoms with Crippen molar-refractivity contribution in [3.8, 4) is 0 Å². The first-order chi connectivity index (χ1) is 9.15. The molecule has 7 heteroatoms. The lowest BCUT2D eigenvalue weighted by Crippen LogP contribution is -2.66. The van der Waals surface area contributed by atoms with Crippen LogP contribution in [0, 0.1) is 5.92 Å². The van der Waals surface area contributed by atoms with Gasteiger partial charge in [-0.15, -0.1) is 0 Å². The number of carbonyl (C=O) groups is 2. The number of piperidine rings is 1. The van der Waals surface area contributed by atoms with Crippen LogP contribution in [0.5, 0.6) is 0 Å². The Morgan fingerprint density at radius 2 is 1.50 bits per heavy atom. The van der Waals surface area contributed by atoms with Gasteiger partial charge in [0.2, 0.25) is 0 Å². The Balaban J connectivity index is 2.67. The van der Waals surface area contributed by atoms with E-state index in [9.17, 15) is 9.59 Å². The van der Waals surface area contributed by atoms with Gasteiger partial charge in [-0.2, -0.15) is 0 Å². The summed E-state index contributed by atoms with van der Waals surface area (Å²) in [5.74, 6) is 9.69. The Bertz CT molecular complexity index is 477. The quantitative estimate of drug-likeness (QED) is 0.310. The molecule has 0 aliphatic carbocycles. The molecule has 0 spiro atoms. The number of amides is 2. The van der Waals surface area contributed by atoms with E-state index in [0.29, 0.717) is 11.3 Å². The summed E-state index contributed by atoms with van der Waals surface area (Å²) in [6.07, 6.45) is 1.61. The van der Waals surface area contributed by atoms with E-state index in [0.717, 1.165) is 12.8 Å². The van der Waals surface area contributed by atoms with Gasteiger partial charge in [0.05, 0.1) is 5.57 Å². The van der Waals surface area contributed by atoms with Gasteiger partial charge in [0.25, 0.3) is 11.8 Å². The third-order valence-corrected chi connectivity index (χ3v) is 4.31. The third-order valence-electron chi connectivity index (χ3n) is 4.31. The van der Waals surface area contributed by atoms with Gasteiger partial charge in [-0.25, -0.2) is 11.7 Å². The molecule has 2 amide bonds. The molecule has 112 valence electrons. The van der Waals surface area contributed by atoms with Crippen molar-refractivity contribution in [2.24, 2.45) is 17.6 Å². The van der Waals surface area contributed by atoms with E-state index in [-0.39, 0.29) is 17.0 Å². The molecule has 3 aliphatic rings. The Kier molecular flexibility index (Phi) is 3.30. The molecule has 6 N–H and O–H groups in total. The van der Waals surface area contributed by atoms with Gasteiger partial charge in [-0.1, -0.05) is 0 Å². The van der Waals surface area contributed by atoms with Crippen molar-refractivity contribution in [1.29, 1.82) is 0 Å². The third kappa shape index (κ3) is 1.97. The number of carbonyl (C=O) groups excluding carboxylic acids is 2. The van der Waals surface area contributed by atoms with Crippen LogP contribution in [0.15, 0.2) is 11.3 Å². The first kappa shape index (κ1) is 14.8. The van der Waals surface area contributed by atoms with Crippen molar-refractivity contribution in [3.63, 3.8) is 0 Å². The second-order valence-electron chi connectivity index (χ2n) is 6.77. The second kappa shape index (κ2) is 4.46. The van der Waals surface area contributed by atoms with Crippen LogP contribution in [0.1, 0.15) is 40.5 Å². The number of hydrogen-bond donors (Lipinski definition) is 4. The highest BCUT2D eigenvalue weighted by Crippen LogP contribution is 2.52. The molecular formula is C13H23N5O2. The van der Waals surface area contributed by atoms with Crippen molar-refractivity contribution in [1.82, 2.24) is 15.8 Å². The molecule has 3 rings (SSSR count). The molecule has 0 aromatic carbocycles. The summed E-state index contributed by atoms with van der Waals surface area (Å²) >= 11 is 0. The van der Waals surface area contributed by atoms with Gasteiger partial charge in [-0.3, -0.25) is 20.4 Å². The standard InChI is InChI=1S/C13H23N5O2/c1-12(2)5-7-6-13(3,4)18(12)9(11(20)17-15)8(7)10(19)16-14/h7H,5-6,14-15H2,1-4H3,(H,16,19)(H,17,20). The highest BCUT2D eigenvalue weighted by atomic mass is 16.2. The summed E-state index contributed by atoms with van der Waals surface area (Å²) in [5.41, 5.74) is 4.63. The van der Waals surface area contributed by atoms with Crippen LogP contribution in [-0.4, -0.2) is 27.8 Å². The smallest absolute Gasteiger partial charge is 0.281 e. The molecule has 0 aromatic rings. The Labute approximate surface area is 118 Å². The van der Waals surface area contributed by atoms with Crippen LogP contribution in [0.4, 0.5) is 0 Å². The molecule has 1 saturated heterocycles. The molecule has 7 nitrogen and oxygen atoms in total. The summed E-state index contributed by atoms with van der Waals surface area (Å²) in [5, 5.41) is 0. The summed E-state index contributed by atoms with van der Waals surface area (Å²) < 4.78 is 0. The summed E-state index contributed by atoms with van der Waals surface area (Å²) in [7, 11) is 0. The van der Waals surface area contributed by atoms with Crippen molar-refractivity contribution in [2.75, 3.05) is 0 Å². The normalized spacial score (nSPS) is 23.8. The fraction of sp³-hybridized carbons (Fsp3) is 0.692. The van der Waals surface area contributed by atoms with Crippen LogP contribution in [0.2, 0.25) is 0 Å². The fourth-order valence-electron chi connectivity index (χ4n) is 4.07. The number of hydrazine groups is 2. The average Bonchev–Trinajstić information content (AvgIpc) is 2.33.